The summed E-state index contributed by atoms with van der Waals surface area (Å²) < 4.78 is 5.58. The molecular formula is C24H32N6O. The molecule has 0 aliphatic carbocycles. The van der Waals surface area contributed by atoms with Crippen molar-refractivity contribution in [3.63, 3.8) is 0 Å². The van der Waals surface area contributed by atoms with Gasteiger partial charge >= 0.3 is 0 Å². The zero-order chi connectivity index (χ0) is 21.6. The Balaban J connectivity index is 1.65. The quantitative estimate of drug-likeness (QED) is 0.737. The number of ether oxygens (including phenoxy) is 1. The number of fused-ring (bicyclic) bond motifs is 1. The second kappa shape index (κ2) is 10.1. The number of pyridine rings is 1. The summed E-state index contributed by atoms with van der Waals surface area (Å²) in [6.45, 7) is 7.42. The third kappa shape index (κ3) is 5.16. The number of hydrogen-bond acceptors (Lipinski definition) is 7. The Morgan fingerprint density at radius 1 is 1.13 bits per heavy atom. The molecule has 164 valence electrons. The van der Waals surface area contributed by atoms with Gasteiger partial charge in [-0.2, -0.15) is 5.26 Å². The predicted molar refractivity (Wildman–Crippen MR) is 123 cm³/mol. The number of nitrogens with zero attached hydrogens (tertiary/aromatic N) is 5. The summed E-state index contributed by atoms with van der Waals surface area (Å²) in [7, 11) is 4.10. The largest absolute Gasteiger partial charge is 0.378 e. The van der Waals surface area contributed by atoms with Gasteiger partial charge in [-0.3, -0.25) is 4.90 Å². The van der Waals surface area contributed by atoms with Crippen LogP contribution >= 0.6 is 0 Å². The smallest absolute Gasteiger partial charge is 0.146 e. The molecule has 2 aromatic rings. The van der Waals surface area contributed by atoms with Gasteiger partial charge in [-0.1, -0.05) is 30.3 Å². The highest BCUT2D eigenvalue weighted by Gasteiger charge is 2.28. The summed E-state index contributed by atoms with van der Waals surface area (Å²) in [5.41, 5.74) is 4.40. The van der Waals surface area contributed by atoms with E-state index in [0.717, 1.165) is 69.4 Å². The average molecular weight is 421 g/mol. The lowest BCUT2D eigenvalue weighted by Gasteiger charge is -2.35. The Morgan fingerprint density at radius 3 is 2.61 bits per heavy atom. The number of likely N-dealkylation sites (N-methyl/N-ethyl adjacent to an activating group) is 1. The van der Waals surface area contributed by atoms with Crippen molar-refractivity contribution in [2.75, 3.05) is 70.2 Å². The lowest BCUT2D eigenvalue weighted by atomic mass is 9.94. The molecule has 3 heterocycles. The van der Waals surface area contributed by atoms with Crippen molar-refractivity contribution in [2.24, 2.45) is 0 Å². The zero-order valence-corrected chi connectivity index (χ0v) is 18.6. The molecule has 0 radical (unpaired) electrons. The number of anilines is 2. The van der Waals surface area contributed by atoms with E-state index in [1.54, 1.807) is 0 Å². The predicted octanol–water partition coefficient (Wildman–Crippen LogP) is 2.32. The van der Waals surface area contributed by atoms with Crippen LogP contribution < -0.4 is 10.2 Å². The van der Waals surface area contributed by atoms with E-state index in [2.05, 4.69) is 56.4 Å². The van der Waals surface area contributed by atoms with E-state index in [9.17, 15) is 5.26 Å². The number of aromatic nitrogens is 1. The van der Waals surface area contributed by atoms with Crippen LogP contribution in [0, 0.1) is 11.3 Å². The molecule has 0 unspecified atom stereocenters. The molecule has 0 spiro atoms. The highest BCUT2D eigenvalue weighted by molar-refractivity contribution is 5.67. The molecule has 7 heteroatoms. The Hall–Kier alpha value is -2.66. The lowest BCUT2D eigenvalue weighted by molar-refractivity contribution is 0.122. The Labute approximate surface area is 185 Å². The third-order valence-corrected chi connectivity index (χ3v) is 5.97. The summed E-state index contributed by atoms with van der Waals surface area (Å²) in [6.07, 6.45) is 0.868. The Morgan fingerprint density at radius 2 is 1.90 bits per heavy atom. The number of nitrogens with one attached hydrogen (secondary N) is 1. The standard InChI is InChI=1S/C24H32N6O/c1-28(2)11-9-26-23-21(16-25)20-8-10-29(17-19-6-4-3-5-7-19)18-22(20)24(27-23)30-12-14-31-15-13-30/h3-7H,8-15,17-18H2,1-2H3,(H,26,27). The molecule has 7 nitrogen and oxygen atoms in total. The van der Waals surface area contributed by atoms with Crippen LogP contribution in [0.25, 0.3) is 0 Å². The first-order chi connectivity index (χ1) is 15.2. The van der Waals surface area contributed by atoms with Gasteiger partial charge in [0.15, 0.2) is 0 Å². The number of rotatable bonds is 7. The molecule has 1 fully saturated rings. The first kappa shape index (κ1) is 21.6. The second-order valence-electron chi connectivity index (χ2n) is 8.50. The van der Waals surface area contributed by atoms with E-state index in [0.29, 0.717) is 18.8 Å². The monoisotopic (exact) mass is 420 g/mol. The maximum Gasteiger partial charge on any atom is 0.146 e. The van der Waals surface area contributed by atoms with Crippen LogP contribution in [0.1, 0.15) is 22.3 Å². The topological polar surface area (TPSA) is 67.7 Å². The first-order valence-electron chi connectivity index (χ1n) is 11.1. The lowest BCUT2D eigenvalue weighted by Crippen LogP contribution is -2.40. The third-order valence-electron chi connectivity index (χ3n) is 5.97. The molecule has 1 N–H and O–H groups in total. The molecule has 0 amide bonds. The summed E-state index contributed by atoms with van der Waals surface area (Å²) in [4.78, 5) is 11.9. The van der Waals surface area contributed by atoms with E-state index < -0.39 is 0 Å². The molecule has 1 aromatic heterocycles. The fourth-order valence-corrected chi connectivity index (χ4v) is 4.33. The van der Waals surface area contributed by atoms with Crippen LogP contribution in [0.2, 0.25) is 0 Å². The zero-order valence-electron chi connectivity index (χ0n) is 18.6. The molecule has 2 aliphatic heterocycles. The minimum Gasteiger partial charge on any atom is -0.378 e. The van der Waals surface area contributed by atoms with Gasteiger partial charge in [0.05, 0.1) is 18.8 Å². The van der Waals surface area contributed by atoms with Crippen LogP contribution in [-0.4, -0.2) is 74.8 Å². The van der Waals surface area contributed by atoms with E-state index >= 15 is 0 Å². The van der Waals surface area contributed by atoms with Gasteiger partial charge in [-0.05, 0) is 31.6 Å². The van der Waals surface area contributed by atoms with Gasteiger partial charge in [-0.25, -0.2) is 4.98 Å². The van der Waals surface area contributed by atoms with Crippen LogP contribution in [0.15, 0.2) is 30.3 Å². The minimum atomic E-state index is 0.713. The first-order valence-corrected chi connectivity index (χ1v) is 11.1. The fraction of sp³-hybridized carbons (Fsp3) is 0.500. The van der Waals surface area contributed by atoms with Gasteiger partial charge in [0.25, 0.3) is 0 Å². The molecular weight excluding hydrogens is 388 g/mol. The van der Waals surface area contributed by atoms with Crippen molar-refractivity contribution in [3.05, 3.63) is 52.6 Å². The van der Waals surface area contributed by atoms with Gasteiger partial charge in [-0.15, -0.1) is 0 Å². The summed E-state index contributed by atoms with van der Waals surface area (Å²) in [6, 6.07) is 13.0. The van der Waals surface area contributed by atoms with Crippen LogP contribution in [0.3, 0.4) is 0 Å². The Bertz CT molecular complexity index is 918. The van der Waals surface area contributed by atoms with E-state index in [4.69, 9.17) is 9.72 Å². The summed E-state index contributed by atoms with van der Waals surface area (Å²) in [5.74, 6) is 1.74. The maximum atomic E-state index is 10.00. The second-order valence-corrected chi connectivity index (χ2v) is 8.50. The van der Waals surface area contributed by atoms with E-state index in [1.165, 1.54) is 11.1 Å². The van der Waals surface area contributed by atoms with E-state index in [1.807, 2.05) is 14.1 Å². The molecule has 0 bridgehead atoms. The van der Waals surface area contributed by atoms with Crippen LogP contribution in [0.5, 0.6) is 0 Å². The minimum absolute atomic E-state index is 0.713. The van der Waals surface area contributed by atoms with Crippen molar-refractivity contribution in [1.29, 1.82) is 5.26 Å². The maximum absolute atomic E-state index is 10.00. The number of morpholine rings is 1. The molecule has 1 saturated heterocycles. The van der Waals surface area contributed by atoms with Crippen molar-refractivity contribution in [1.82, 2.24) is 14.8 Å². The molecule has 0 atom stereocenters. The van der Waals surface area contributed by atoms with Crippen molar-refractivity contribution in [3.8, 4) is 6.07 Å². The number of benzene rings is 1. The fourth-order valence-electron chi connectivity index (χ4n) is 4.33. The van der Waals surface area contributed by atoms with Crippen LogP contribution in [-0.2, 0) is 24.2 Å². The number of hydrogen-bond donors (Lipinski definition) is 1. The summed E-state index contributed by atoms with van der Waals surface area (Å²) in [5, 5.41) is 13.4. The SMILES string of the molecule is CN(C)CCNc1nc(N2CCOCC2)c2c(c1C#N)CCN(Cc1ccccc1)C2. The van der Waals surface area contributed by atoms with Gasteiger partial charge in [0.2, 0.25) is 0 Å². The Kier molecular flexibility index (Phi) is 7.03. The average Bonchev–Trinajstić information content (AvgIpc) is 2.79. The van der Waals surface area contributed by atoms with Crippen molar-refractivity contribution in [2.45, 2.75) is 19.5 Å². The normalized spacial score (nSPS) is 16.8. The molecule has 1 aromatic carbocycles. The highest BCUT2D eigenvalue weighted by atomic mass is 16.5. The van der Waals surface area contributed by atoms with Crippen molar-refractivity contribution < 1.29 is 4.74 Å². The molecule has 0 saturated carbocycles. The molecule has 31 heavy (non-hydrogen) atoms. The number of nitriles is 1. The van der Waals surface area contributed by atoms with Gasteiger partial charge < -0.3 is 19.9 Å². The highest BCUT2D eigenvalue weighted by Crippen LogP contribution is 2.34. The van der Waals surface area contributed by atoms with Crippen LogP contribution in [0.4, 0.5) is 11.6 Å². The van der Waals surface area contributed by atoms with Gasteiger partial charge in [0.1, 0.15) is 17.7 Å². The van der Waals surface area contributed by atoms with E-state index in [-0.39, 0.29) is 0 Å². The summed E-state index contributed by atoms with van der Waals surface area (Å²) >= 11 is 0. The van der Waals surface area contributed by atoms with Crippen molar-refractivity contribution >= 4 is 11.6 Å². The van der Waals surface area contributed by atoms with Gasteiger partial charge in [0, 0.05) is 51.4 Å². The molecule has 4 rings (SSSR count). The molecule has 2 aliphatic rings.